The topological polar surface area (TPSA) is 80.5 Å². The number of rotatable bonds is 0. The van der Waals surface area contributed by atoms with E-state index in [2.05, 4.69) is 19.9 Å². The maximum absolute atomic E-state index is 5.48. The van der Waals surface area contributed by atoms with Crippen molar-refractivity contribution in [3.05, 3.63) is 11.5 Å². The molecule has 5 nitrogen and oxygen atoms in total. The van der Waals surface area contributed by atoms with Crippen molar-refractivity contribution in [2.75, 3.05) is 5.73 Å². The third-order valence-corrected chi connectivity index (χ3v) is 1.66. The molecule has 62 valence electrons. The van der Waals surface area contributed by atoms with Crippen LogP contribution < -0.4 is 5.73 Å². The highest BCUT2D eigenvalue weighted by Gasteiger charge is 2.05. The molecule has 0 aromatic carbocycles. The number of aryl methyl sites for hydroxylation is 2. The molecule has 0 saturated heterocycles. The van der Waals surface area contributed by atoms with Crippen molar-refractivity contribution in [3.63, 3.8) is 0 Å². The summed E-state index contributed by atoms with van der Waals surface area (Å²) in [5.74, 6) is 1.10. The van der Waals surface area contributed by atoms with Crippen molar-refractivity contribution in [2.24, 2.45) is 0 Å². The number of aromatic amines is 1. The molecule has 0 aliphatic carbocycles. The van der Waals surface area contributed by atoms with Crippen molar-refractivity contribution in [1.82, 2.24) is 19.9 Å². The standard InChI is InChI=1S/C7H9N5/c1-3-5-6(10-4(2)9-3)12-7(8)11-5/h1-2H3,(H3,8,9,10,11,12). The normalized spacial score (nSPS) is 10.8. The lowest BCUT2D eigenvalue weighted by Crippen LogP contribution is -1.91. The zero-order valence-corrected chi connectivity index (χ0v) is 6.92. The molecule has 0 aliphatic heterocycles. The average Bonchev–Trinajstić information content (AvgIpc) is 2.29. The molecule has 0 bridgehead atoms. The second-order valence-electron chi connectivity index (χ2n) is 2.68. The van der Waals surface area contributed by atoms with Crippen LogP contribution in [0.1, 0.15) is 11.5 Å². The molecule has 0 spiro atoms. The highest BCUT2D eigenvalue weighted by atomic mass is 15.1. The molecule has 0 amide bonds. The number of hydrogen-bond acceptors (Lipinski definition) is 4. The Hall–Kier alpha value is -1.65. The Labute approximate surface area is 69.1 Å². The van der Waals surface area contributed by atoms with Gasteiger partial charge in [0.1, 0.15) is 11.3 Å². The van der Waals surface area contributed by atoms with Crippen molar-refractivity contribution in [2.45, 2.75) is 13.8 Å². The van der Waals surface area contributed by atoms with Gasteiger partial charge in [-0.15, -0.1) is 0 Å². The van der Waals surface area contributed by atoms with Crippen LogP contribution >= 0.6 is 0 Å². The second kappa shape index (κ2) is 2.17. The highest BCUT2D eigenvalue weighted by Crippen LogP contribution is 2.12. The Morgan fingerprint density at radius 1 is 1.17 bits per heavy atom. The maximum atomic E-state index is 5.48. The molecule has 12 heavy (non-hydrogen) atoms. The Bertz CT molecular complexity index is 431. The monoisotopic (exact) mass is 163 g/mol. The molecular weight excluding hydrogens is 154 g/mol. The third kappa shape index (κ3) is 0.903. The molecule has 0 unspecified atom stereocenters. The molecule has 3 N–H and O–H groups in total. The molecule has 2 aromatic heterocycles. The molecule has 0 fully saturated rings. The van der Waals surface area contributed by atoms with E-state index < -0.39 is 0 Å². The minimum absolute atomic E-state index is 0.382. The lowest BCUT2D eigenvalue weighted by atomic mass is 10.4. The van der Waals surface area contributed by atoms with Gasteiger partial charge in [0.25, 0.3) is 0 Å². The fourth-order valence-electron chi connectivity index (χ4n) is 1.19. The van der Waals surface area contributed by atoms with Gasteiger partial charge in [-0.05, 0) is 13.8 Å². The van der Waals surface area contributed by atoms with Crippen LogP contribution in [0.3, 0.4) is 0 Å². The summed E-state index contributed by atoms with van der Waals surface area (Å²) in [4.78, 5) is 15.2. The number of anilines is 1. The lowest BCUT2D eigenvalue weighted by molar-refractivity contribution is 1.04. The number of nitrogens with zero attached hydrogens (tertiary/aromatic N) is 3. The number of H-pyrrole nitrogens is 1. The first-order valence-electron chi connectivity index (χ1n) is 3.63. The summed E-state index contributed by atoms with van der Waals surface area (Å²) in [5.41, 5.74) is 7.81. The Morgan fingerprint density at radius 3 is 2.67 bits per heavy atom. The molecule has 5 heteroatoms. The van der Waals surface area contributed by atoms with E-state index in [0.29, 0.717) is 17.4 Å². The van der Waals surface area contributed by atoms with Crippen LogP contribution in [0.2, 0.25) is 0 Å². The van der Waals surface area contributed by atoms with Crippen molar-refractivity contribution in [1.29, 1.82) is 0 Å². The molecule has 0 atom stereocenters. The van der Waals surface area contributed by atoms with Crippen molar-refractivity contribution < 1.29 is 0 Å². The molecule has 2 rings (SSSR count). The van der Waals surface area contributed by atoms with Crippen molar-refractivity contribution in [3.8, 4) is 0 Å². The largest absolute Gasteiger partial charge is 0.369 e. The van der Waals surface area contributed by atoms with Gasteiger partial charge in [0.05, 0.1) is 5.69 Å². The van der Waals surface area contributed by atoms with Gasteiger partial charge in [-0.1, -0.05) is 0 Å². The molecule has 0 saturated carbocycles. The predicted octanol–water partition coefficient (Wildman–Crippen LogP) is 0.552. The summed E-state index contributed by atoms with van der Waals surface area (Å²) >= 11 is 0. The highest BCUT2D eigenvalue weighted by molar-refractivity contribution is 5.74. The van der Waals surface area contributed by atoms with Gasteiger partial charge in [-0.25, -0.2) is 9.97 Å². The quantitative estimate of drug-likeness (QED) is 0.594. The van der Waals surface area contributed by atoms with Crippen LogP contribution in [0.4, 0.5) is 5.95 Å². The van der Waals surface area contributed by atoms with Crippen LogP contribution in [0, 0.1) is 13.8 Å². The predicted molar refractivity (Wildman–Crippen MR) is 45.6 cm³/mol. The van der Waals surface area contributed by atoms with E-state index in [1.165, 1.54) is 0 Å². The van der Waals surface area contributed by atoms with Crippen LogP contribution in [0.15, 0.2) is 0 Å². The summed E-state index contributed by atoms with van der Waals surface area (Å²) in [5, 5.41) is 0. The van der Waals surface area contributed by atoms with Gasteiger partial charge in [-0.3, -0.25) is 0 Å². The van der Waals surface area contributed by atoms with Gasteiger partial charge in [0.2, 0.25) is 0 Å². The fraction of sp³-hybridized carbons (Fsp3) is 0.286. The first-order valence-corrected chi connectivity index (χ1v) is 3.63. The van der Waals surface area contributed by atoms with Gasteiger partial charge in [0.15, 0.2) is 11.6 Å². The summed E-state index contributed by atoms with van der Waals surface area (Å²) in [7, 11) is 0. The SMILES string of the molecule is Cc1nc(C)c2[nH]c(N)nc2n1. The van der Waals surface area contributed by atoms with E-state index in [0.717, 1.165) is 11.2 Å². The van der Waals surface area contributed by atoms with E-state index in [4.69, 9.17) is 5.73 Å². The van der Waals surface area contributed by atoms with E-state index >= 15 is 0 Å². The number of nitrogens with one attached hydrogen (secondary N) is 1. The Balaban J connectivity index is 2.88. The lowest BCUT2D eigenvalue weighted by Gasteiger charge is -1.94. The van der Waals surface area contributed by atoms with Crippen LogP contribution in [-0.2, 0) is 0 Å². The van der Waals surface area contributed by atoms with Gasteiger partial charge in [0, 0.05) is 0 Å². The van der Waals surface area contributed by atoms with Gasteiger partial charge < -0.3 is 10.7 Å². The first-order chi connectivity index (χ1) is 5.66. The summed E-state index contributed by atoms with van der Waals surface area (Å²) < 4.78 is 0. The Kier molecular flexibility index (Phi) is 1.27. The summed E-state index contributed by atoms with van der Waals surface area (Å²) in [6, 6.07) is 0. The zero-order valence-electron chi connectivity index (χ0n) is 6.92. The Morgan fingerprint density at radius 2 is 1.92 bits per heavy atom. The number of hydrogen-bond donors (Lipinski definition) is 2. The summed E-state index contributed by atoms with van der Waals surface area (Å²) in [6.07, 6.45) is 0. The van der Waals surface area contributed by atoms with Crippen molar-refractivity contribution >= 4 is 17.1 Å². The van der Waals surface area contributed by atoms with Gasteiger partial charge in [-0.2, -0.15) is 4.98 Å². The molecule has 0 aliphatic rings. The van der Waals surface area contributed by atoms with Crippen LogP contribution in [0.25, 0.3) is 11.2 Å². The van der Waals surface area contributed by atoms with E-state index in [-0.39, 0.29) is 0 Å². The van der Waals surface area contributed by atoms with E-state index in [1.807, 2.05) is 13.8 Å². The van der Waals surface area contributed by atoms with E-state index in [9.17, 15) is 0 Å². The first kappa shape index (κ1) is 7.02. The van der Waals surface area contributed by atoms with Crippen LogP contribution in [-0.4, -0.2) is 19.9 Å². The second-order valence-corrected chi connectivity index (χ2v) is 2.68. The zero-order chi connectivity index (χ0) is 8.72. The number of nitrogen functional groups attached to an aromatic ring is 1. The molecule has 2 heterocycles. The number of fused-ring (bicyclic) bond motifs is 1. The van der Waals surface area contributed by atoms with Gasteiger partial charge >= 0.3 is 0 Å². The number of aromatic nitrogens is 4. The van der Waals surface area contributed by atoms with Crippen LogP contribution in [0.5, 0.6) is 0 Å². The van der Waals surface area contributed by atoms with E-state index in [1.54, 1.807) is 0 Å². The maximum Gasteiger partial charge on any atom is 0.200 e. The summed E-state index contributed by atoms with van der Waals surface area (Å²) in [6.45, 7) is 3.73. The number of imidazole rings is 1. The third-order valence-electron chi connectivity index (χ3n) is 1.66. The molecule has 0 radical (unpaired) electrons. The molecular formula is C7H9N5. The average molecular weight is 163 g/mol. The minimum Gasteiger partial charge on any atom is -0.369 e. The number of nitrogens with two attached hydrogens (primary N) is 1. The molecule has 2 aromatic rings. The minimum atomic E-state index is 0.382. The smallest absolute Gasteiger partial charge is 0.200 e. The fourth-order valence-corrected chi connectivity index (χ4v) is 1.19.